The number of hydrogen-bond donors (Lipinski definition) is 3. The zero-order valence-corrected chi connectivity index (χ0v) is 32.3. The van der Waals surface area contributed by atoms with Crippen LogP contribution in [0.1, 0.15) is 132 Å². The van der Waals surface area contributed by atoms with Crippen molar-refractivity contribution in [2.24, 2.45) is 50.7 Å². The maximum Gasteiger partial charge on any atom is 0.315 e. The van der Waals surface area contributed by atoms with Crippen LogP contribution in [0, 0.1) is 50.7 Å². The van der Waals surface area contributed by atoms with E-state index in [0.29, 0.717) is 24.1 Å². The van der Waals surface area contributed by atoms with Crippen LogP contribution in [0.2, 0.25) is 0 Å². The van der Waals surface area contributed by atoms with Gasteiger partial charge in [0, 0.05) is 30.1 Å². The molecule has 4 fully saturated rings. The van der Waals surface area contributed by atoms with Crippen LogP contribution in [-0.4, -0.2) is 50.5 Å². The van der Waals surface area contributed by atoms with Crippen molar-refractivity contribution in [3.05, 3.63) is 35.4 Å². The third-order valence-corrected chi connectivity index (χ3v) is 15.1. The van der Waals surface area contributed by atoms with Crippen molar-refractivity contribution in [3.8, 4) is 0 Å². The van der Waals surface area contributed by atoms with Crippen molar-refractivity contribution in [2.75, 3.05) is 0 Å². The van der Waals surface area contributed by atoms with Gasteiger partial charge in [0.2, 0.25) is 0 Å². The van der Waals surface area contributed by atoms with Crippen molar-refractivity contribution in [1.82, 2.24) is 20.6 Å². The lowest BCUT2D eigenvalue weighted by molar-refractivity contribution is -0.214. The zero-order valence-electron chi connectivity index (χ0n) is 32.3. The highest BCUT2D eigenvalue weighted by molar-refractivity contribution is 5.92. The van der Waals surface area contributed by atoms with Crippen LogP contribution in [0.4, 0.5) is 4.79 Å². The maximum absolute atomic E-state index is 13.9. The second-order valence-corrected chi connectivity index (χ2v) is 19.0. The highest BCUT2D eigenvalue weighted by Gasteiger charge is 2.69. The lowest BCUT2D eigenvalue weighted by Gasteiger charge is -2.70. The Bertz CT molecular complexity index is 1620. The number of hydrogen-bond acceptors (Lipinski definition) is 7. The normalized spacial score (nSPS) is 37.1. The van der Waals surface area contributed by atoms with Crippen molar-refractivity contribution in [3.63, 3.8) is 0 Å². The molecule has 0 saturated heterocycles. The lowest BCUT2D eigenvalue weighted by Crippen LogP contribution is -2.65. The second kappa shape index (κ2) is 12.7. The van der Waals surface area contributed by atoms with Gasteiger partial charge in [-0.05, 0) is 111 Å². The molecule has 8 atom stereocenters. The molecule has 51 heavy (non-hydrogen) atoms. The second-order valence-electron chi connectivity index (χ2n) is 19.0. The smallest absolute Gasteiger partial charge is 0.315 e. The van der Waals surface area contributed by atoms with E-state index in [1.165, 1.54) is 11.1 Å². The summed E-state index contributed by atoms with van der Waals surface area (Å²) in [7, 11) is 0. The minimum atomic E-state index is -1.17. The molecule has 0 aliphatic heterocycles. The fourth-order valence-electron chi connectivity index (χ4n) is 12.3. The third-order valence-electron chi connectivity index (χ3n) is 15.1. The molecule has 5 aliphatic rings. The van der Waals surface area contributed by atoms with E-state index >= 15 is 0 Å². The molecule has 1 heterocycles. The number of nitrogens with one attached hydrogen (secondary N) is 2. The van der Waals surface area contributed by atoms with Gasteiger partial charge in [0.15, 0.2) is 0 Å². The van der Waals surface area contributed by atoms with Crippen LogP contribution in [0.25, 0.3) is 0 Å². The summed E-state index contributed by atoms with van der Waals surface area (Å²) in [6.45, 7) is 19.6. The number of esters is 1. The number of aliphatic carboxylic acids is 1. The number of aromatic nitrogens is 2. The Morgan fingerprint density at radius 3 is 2.31 bits per heavy atom. The highest BCUT2D eigenvalue weighted by Crippen LogP contribution is 2.75. The molecule has 3 N–H and O–H groups in total. The van der Waals surface area contributed by atoms with E-state index in [2.05, 4.69) is 69.1 Å². The number of carbonyl (C=O) groups excluding carboxylic acids is 3. The Labute approximate surface area is 303 Å². The van der Waals surface area contributed by atoms with Gasteiger partial charge in [-0.25, -0.2) is 14.8 Å². The number of ketones is 1. The number of rotatable bonds is 8. The lowest BCUT2D eigenvalue weighted by atomic mass is 9.34. The van der Waals surface area contributed by atoms with Crippen LogP contribution >= 0.6 is 0 Å². The number of allylic oxidation sites excluding steroid dienone is 1. The summed E-state index contributed by atoms with van der Waals surface area (Å²) in [6.07, 6.45) is 10.6. The van der Waals surface area contributed by atoms with E-state index in [9.17, 15) is 24.3 Å². The molecule has 6 rings (SSSR count). The number of Topliss-reactive ketones (excluding diaryl/α,β-unsaturated/α-hetero) is 1. The average molecular weight is 705 g/mol. The van der Waals surface area contributed by atoms with Gasteiger partial charge in [-0.15, -0.1) is 0 Å². The number of amides is 2. The monoisotopic (exact) mass is 704 g/mol. The van der Waals surface area contributed by atoms with Gasteiger partial charge >= 0.3 is 18.0 Å². The minimum absolute atomic E-state index is 0.00380. The van der Waals surface area contributed by atoms with E-state index in [1.807, 2.05) is 0 Å². The SMILES string of the molecule is CC(C)C1C(=O)C[C@]2(NC(=O)NCc3ncccn3)CC[C@]3(C)C(=C12)CCC1[C@@]2(C)CC[C@H](OC(=O)CC(C)(C)C(=O)O)C(C)(C)C2CC[C@]13C. The fourth-order valence-corrected chi connectivity index (χ4v) is 12.3. The van der Waals surface area contributed by atoms with Crippen molar-refractivity contribution in [2.45, 2.75) is 145 Å². The van der Waals surface area contributed by atoms with E-state index in [-0.39, 0.29) is 64.4 Å². The predicted molar refractivity (Wildman–Crippen MR) is 193 cm³/mol. The molecule has 0 bridgehead atoms. The number of fused-ring (bicyclic) bond motifs is 6. The molecule has 3 unspecified atom stereocenters. The molecule has 280 valence electrons. The van der Waals surface area contributed by atoms with E-state index < -0.39 is 22.9 Å². The number of urea groups is 1. The predicted octanol–water partition coefficient (Wildman–Crippen LogP) is 7.42. The van der Waals surface area contributed by atoms with Crippen LogP contribution in [0.3, 0.4) is 0 Å². The first-order chi connectivity index (χ1) is 23.7. The molecule has 2 amide bonds. The summed E-state index contributed by atoms with van der Waals surface area (Å²) in [6, 6.07) is 1.45. The molecule has 0 aromatic carbocycles. The molecule has 1 aromatic heterocycles. The Balaban J connectivity index is 1.29. The van der Waals surface area contributed by atoms with Gasteiger partial charge in [0.05, 0.1) is 23.9 Å². The van der Waals surface area contributed by atoms with Crippen LogP contribution in [-0.2, 0) is 25.7 Å². The van der Waals surface area contributed by atoms with Crippen LogP contribution in [0.15, 0.2) is 29.6 Å². The molecular weight excluding hydrogens is 644 g/mol. The Morgan fingerprint density at radius 1 is 0.980 bits per heavy atom. The molecule has 0 radical (unpaired) electrons. The molecular formula is C41H60N4O6. The first kappa shape index (κ1) is 37.5. The first-order valence-electron chi connectivity index (χ1n) is 19.2. The number of nitrogens with zero attached hydrogens (tertiary/aromatic N) is 2. The first-order valence-corrected chi connectivity index (χ1v) is 19.2. The van der Waals surface area contributed by atoms with Crippen molar-refractivity contribution >= 4 is 23.8 Å². The number of carbonyl (C=O) groups is 4. The quantitative estimate of drug-likeness (QED) is 0.187. The molecule has 10 heteroatoms. The Hall–Kier alpha value is -3.30. The van der Waals surface area contributed by atoms with E-state index in [4.69, 9.17) is 4.74 Å². The van der Waals surface area contributed by atoms with Crippen molar-refractivity contribution in [1.29, 1.82) is 0 Å². The molecule has 10 nitrogen and oxygen atoms in total. The maximum atomic E-state index is 13.9. The Morgan fingerprint density at radius 2 is 1.67 bits per heavy atom. The highest BCUT2D eigenvalue weighted by atomic mass is 16.5. The minimum Gasteiger partial charge on any atom is -0.481 e. The summed E-state index contributed by atoms with van der Waals surface area (Å²) in [5, 5.41) is 15.9. The summed E-state index contributed by atoms with van der Waals surface area (Å²) in [5.41, 5.74) is 0.389. The molecule has 4 saturated carbocycles. The van der Waals surface area contributed by atoms with Gasteiger partial charge in [-0.3, -0.25) is 14.4 Å². The zero-order chi connectivity index (χ0) is 37.4. The summed E-state index contributed by atoms with van der Waals surface area (Å²) < 4.78 is 6.14. The van der Waals surface area contributed by atoms with E-state index in [0.717, 1.165) is 51.4 Å². The van der Waals surface area contributed by atoms with Gasteiger partial charge in [0.1, 0.15) is 17.7 Å². The van der Waals surface area contributed by atoms with Gasteiger partial charge in [0.25, 0.3) is 0 Å². The molecule has 5 aliphatic carbocycles. The largest absolute Gasteiger partial charge is 0.481 e. The average Bonchev–Trinajstić information content (AvgIpc) is 3.33. The van der Waals surface area contributed by atoms with Gasteiger partial charge in [-0.2, -0.15) is 0 Å². The van der Waals surface area contributed by atoms with Crippen LogP contribution < -0.4 is 10.6 Å². The third kappa shape index (κ3) is 5.91. The van der Waals surface area contributed by atoms with Gasteiger partial charge < -0.3 is 20.5 Å². The fraction of sp³-hybridized carbons (Fsp3) is 0.756. The van der Waals surface area contributed by atoms with E-state index in [1.54, 1.807) is 32.3 Å². The molecule has 0 spiro atoms. The number of carboxylic acid groups (broad SMARTS) is 1. The molecule has 1 aromatic rings. The standard InChI is InChI=1S/C41H60N4O6/c1-24(2)32-26(46)21-41(45-35(50)44-23-30-42-19-10-20-43-30)18-17-39(8)25(33(32)41)11-12-28-38(7)15-14-29(51-31(47)22-36(3,4)34(48)49)37(5,6)27(38)13-16-40(28,39)9/h10,19-20,24,27-29,32H,11-18,21-23H2,1-9H3,(H,48,49)(H2,44,45,50)/t27?,28?,29-,32?,38-,39+,40+,41+/m0/s1. The van der Waals surface area contributed by atoms with Gasteiger partial charge in [-0.1, -0.05) is 54.0 Å². The Kier molecular flexibility index (Phi) is 9.31. The van der Waals surface area contributed by atoms with Crippen molar-refractivity contribution < 1.29 is 29.0 Å². The van der Waals surface area contributed by atoms with Crippen LogP contribution in [0.5, 0.6) is 0 Å². The summed E-state index contributed by atoms with van der Waals surface area (Å²) in [4.78, 5) is 60.7. The number of ether oxygens (including phenoxy) is 1. The summed E-state index contributed by atoms with van der Waals surface area (Å²) >= 11 is 0. The summed E-state index contributed by atoms with van der Waals surface area (Å²) in [5.74, 6) is 0.0502. The topological polar surface area (TPSA) is 148 Å². The number of carboxylic acids is 1.